The van der Waals surface area contributed by atoms with Crippen LogP contribution in [0.5, 0.6) is 0 Å². The fourth-order valence-corrected chi connectivity index (χ4v) is 2.16. The summed E-state index contributed by atoms with van der Waals surface area (Å²) >= 11 is 0. The summed E-state index contributed by atoms with van der Waals surface area (Å²) in [6.45, 7) is 0.683. The molecule has 4 heteroatoms. The van der Waals surface area contributed by atoms with Crippen molar-refractivity contribution in [2.24, 2.45) is 0 Å². The SMILES string of the molecule is OCCCc1cccc(NCc2cccc(C(F)F)c2)c1. The Kier molecular flexibility index (Phi) is 5.69. The van der Waals surface area contributed by atoms with Crippen LogP contribution in [-0.2, 0) is 13.0 Å². The summed E-state index contributed by atoms with van der Waals surface area (Å²) in [5, 5.41) is 12.1. The Hall–Kier alpha value is -1.94. The summed E-state index contributed by atoms with van der Waals surface area (Å²) in [4.78, 5) is 0. The van der Waals surface area contributed by atoms with Gasteiger partial charge in [0.2, 0.25) is 0 Å². The number of alkyl halides is 2. The van der Waals surface area contributed by atoms with Gasteiger partial charge in [-0.05, 0) is 42.2 Å². The predicted octanol–water partition coefficient (Wildman–Crippen LogP) is 4.16. The molecule has 0 atom stereocenters. The number of aryl methyl sites for hydroxylation is 1. The third kappa shape index (κ3) is 4.83. The van der Waals surface area contributed by atoms with E-state index in [4.69, 9.17) is 5.11 Å². The fraction of sp³-hybridized carbons (Fsp3) is 0.294. The van der Waals surface area contributed by atoms with Crippen LogP contribution in [-0.4, -0.2) is 11.7 Å². The highest BCUT2D eigenvalue weighted by molar-refractivity contribution is 5.46. The minimum atomic E-state index is -2.44. The molecule has 0 radical (unpaired) electrons. The molecule has 112 valence electrons. The van der Waals surface area contributed by atoms with Crippen molar-refractivity contribution >= 4 is 5.69 Å². The standard InChI is InChI=1S/C17H19F2NO/c18-17(19)15-7-1-5-14(10-15)12-20-16-8-2-4-13(11-16)6-3-9-21/h1-2,4-5,7-8,10-11,17,20-21H,3,6,9,12H2. The van der Waals surface area contributed by atoms with Crippen molar-refractivity contribution in [3.63, 3.8) is 0 Å². The molecule has 2 rings (SSSR count). The average molecular weight is 291 g/mol. The van der Waals surface area contributed by atoms with E-state index in [9.17, 15) is 8.78 Å². The van der Waals surface area contributed by atoms with Crippen molar-refractivity contribution in [1.82, 2.24) is 0 Å². The van der Waals surface area contributed by atoms with Crippen LogP contribution in [0, 0.1) is 0 Å². The first-order valence-corrected chi connectivity index (χ1v) is 6.99. The van der Waals surface area contributed by atoms with Crippen LogP contribution in [0.2, 0.25) is 0 Å². The first kappa shape index (κ1) is 15.4. The van der Waals surface area contributed by atoms with Crippen LogP contribution in [0.3, 0.4) is 0 Å². The fourth-order valence-electron chi connectivity index (χ4n) is 2.16. The molecule has 2 aromatic carbocycles. The molecule has 0 aromatic heterocycles. The molecular weight excluding hydrogens is 272 g/mol. The van der Waals surface area contributed by atoms with E-state index in [1.54, 1.807) is 6.07 Å². The molecule has 0 amide bonds. The van der Waals surface area contributed by atoms with Gasteiger partial charge in [0.1, 0.15) is 0 Å². The zero-order valence-corrected chi connectivity index (χ0v) is 11.7. The number of hydrogen-bond donors (Lipinski definition) is 2. The van der Waals surface area contributed by atoms with E-state index < -0.39 is 6.43 Å². The molecule has 0 aliphatic carbocycles. The number of aliphatic hydroxyl groups is 1. The molecule has 0 spiro atoms. The van der Waals surface area contributed by atoms with Crippen molar-refractivity contribution in [3.8, 4) is 0 Å². The average Bonchev–Trinajstić information content (AvgIpc) is 2.51. The van der Waals surface area contributed by atoms with Gasteiger partial charge in [-0.3, -0.25) is 0 Å². The molecule has 2 nitrogen and oxygen atoms in total. The smallest absolute Gasteiger partial charge is 0.263 e. The summed E-state index contributed by atoms with van der Waals surface area (Å²) in [6.07, 6.45) is -0.876. The maximum absolute atomic E-state index is 12.6. The number of rotatable bonds is 7. The number of nitrogens with one attached hydrogen (secondary N) is 1. The second-order valence-electron chi connectivity index (χ2n) is 4.93. The minimum Gasteiger partial charge on any atom is -0.396 e. The topological polar surface area (TPSA) is 32.3 Å². The molecule has 0 aliphatic rings. The summed E-state index contributed by atoms with van der Waals surface area (Å²) in [6, 6.07) is 14.4. The monoisotopic (exact) mass is 291 g/mol. The van der Waals surface area contributed by atoms with Gasteiger partial charge in [0.05, 0.1) is 0 Å². The molecule has 2 aromatic rings. The summed E-state index contributed by atoms with van der Waals surface area (Å²) in [5.74, 6) is 0. The zero-order chi connectivity index (χ0) is 15.1. The first-order chi connectivity index (χ1) is 10.2. The summed E-state index contributed by atoms with van der Waals surface area (Å²) in [5.41, 5.74) is 2.97. The highest BCUT2D eigenvalue weighted by Gasteiger charge is 2.06. The van der Waals surface area contributed by atoms with Crippen molar-refractivity contribution in [1.29, 1.82) is 0 Å². The lowest BCUT2D eigenvalue weighted by atomic mass is 10.1. The normalized spacial score (nSPS) is 10.9. The molecule has 2 N–H and O–H groups in total. The lowest BCUT2D eigenvalue weighted by Gasteiger charge is -2.09. The number of halogens is 2. The maximum Gasteiger partial charge on any atom is 0.263 e. The highest BCUT2D eigenvalue weighted by Crippen LogP contribution is 2.20. The molecular formula is C17H19F2NO. The van der Waals surface area contributed by atoms with Gasteiger partial charge in [0.25, 0.3) is 6.43 Å². The van der Waals surface area contributed by atoms with Crippen molar-refractivity contribution in [2.45, 2.75) is 25.8 Å². The lowest BCUT2D eigenvalue weighted by molar-refractivity contribution is 0.151. The Balaban J connectivity index is 1.97. The van der Waals surface area contributed by atoms with Gasteiger partial charge in [-0.15, -0.1) is 0 Å². The molecule has 0 unspecified atom stereocenters. The molecule has 0 saturated heterocycles. The van der Waals surface area contributed by atoms with Crippen LogP contribution < -0.4 is 5.32 Å². The van der Waals surface area contributed by atoms with Crippen LogP contribution in [0.15, 0.2) is 48.5 Å². The third-order valence-corrected chi connectivity index (χ3v) is 3.25. The van der Waals surface area contributed by atoms with Crippen LogP contribution in [0.4, 0.5) is 14.5 Å². The molecule has 0 bridgehead atoms. The van der Waals surface area contributed by atoms with E-state index >= 15 is 0 Å². The van der Waals surface area contributed by atoms with Crippen LogP contribution in [0.25, 0.3) is 0 Å². The Morgan fingerprint density at radius 1 is 1.00 bits per heavy atom. The maximum atomic E-state index is 12.6. The highest BCUT2D eigenvalue weighted by atomic mass is 19.3. The van der Waals surface area contributed by atoms with E-state index in [2.05, 4.69) is 5.32 Å². The Bertz CT molecular complexity index is 572. The number of benzene rings is 2. The largest absolute Gasteiger partial charge is 0.396 e. The van der Waals surface area contributed by atoms with Gasteiger partial charge < -0.3 is 10.4 Å². The number of anilines is 1. The van der Waals surface area contributed by atoms with E-state index in [0.29, 0.717) is 6.54 Å². The van der Waals surface area contributed by atoms with Gasteiger partial charge >= 0.3 is 0 Å². The van der Waals surface area contributed by atoms with Gasteiger partial charge in [-0.1, -0.05) is 30.3 Å². The summed E-state index contributed by atoms with van der Waals surface area (Å²) in [7, 11) is 0. The number of aliphatic hydroxyl groups excluding tert-OH is 1. The molecule has 0 fully saturated rings. The zero-order valence-electron chi connectivity index (χ0n) is 11.7. The predicted molar refractivity (Wildman–Crippen MR) is 80.6 cm³/mol. The molecule has 0 saturated carbocycles. The van der Waals surface area contributed by atoms with E-state index in [-0.39, 0.29) is 12.2 Å². The van der Waals surface area contributed by atoms with Crippen molar-refractivity contribution in [2.75, 3.05) is 11.9 Å². The Labute approximate surface area is 123 Å². The molecule has 0 heterocycles. The van der Waals surface area contributed by atoms with Gasteiger partial charge in [0, 0.05) is 24.4 Å². The number of hydrogen-bond acceptors (Lipinski definition) is 2. The van der Waals surface area contributed by atoms with E-state index in [0.717, 1.165) is 29.7 Å². The molecule has 0 aliphatic heterocycles. The molecule has 21 heavy (non-hydrogen) atoms. The van der Waals surface area contributed by atoms with Crippen LogP contribution in [0.1, 0.15) is 29.5 Å². The second kappa shape index (κ2) is 7.74. The van der Waals surface area contributed by atoms with E-state index in [1.807, 2.05) is 30.3 Å². The van der Waals surface area contributed by atoms with E-state index in [1.165, 1.54) is 12.1 Å². The summed E-state index contributed by atoms with van der Waals surface area (Å²) < 4.78 is 25.3. The Morgan fingerprint density at radius 2 is 1.76 bits per heavy atom. The lowest BCUT2D eigenvalue weighted by Crippen LogP contribution is -2.01. The van der Waals surface area contributed by atoms with Crippen molar-refractivity contribution in [3.05, 3.63) is 65.2 Å². The Morgan fingerprint density at radius 3 is 2.52 bits per heavy atom. The first-order valence-electron chi connectivity index (χ1n) is 6.99. The van der Waals surface area contributed by atoms with Crippen molar-refractivity contribution < 1.29 is 13.9 Å². The quantitative estimate of drug-likeness (QED) is 0.802. The minimum absolute atomic E-state index is 0.0472. The van der Waals surface area contributed by atoms with Crippen LogP contribution >= 0.6 is 0 Å². The third-order valence-electron chi connectivity index (χ3n) is 3.25. The van der Waals surface area contributed by atoms with Gasteiger partial charge in [0.15, 0.2) is 0 Å². The van der Waals surface area contributed by atoms with Gasteiger partial charge in [-0.25, -0.2) is 8.78 Å². The second-order valence-corrected chi connectivity index (χ2v) is 4.93. The van der Waals surface area contributed by atoms with Gasteiger partial charge in [-0.2, -0.15) is 0 Å².